The van der Waals surface area contributed by atoms with E-state index < -0.39 is 17.7 Å². The molecule has 1 fully saturated rings. The van der Waals surface area contributed by atoms with E-state index in [9.17, 15) is 22.8 Å². The number of pyridine rings is 1. The van der Waals surface area contributed by atoms with E-state index in [2.05, 4.69) is 4.98 Å². The normalized spacial score (nSPS) is 17.4. The summed E-state index contributed by atoms with van der Waals surface area (Å²) in [6.07, 6.45) is -2.51. The molecule has 3 rings (SSSR count). The molecular weight excluding hydrogens is 383 g/mol. The number of ether oxygens (including phenoxy) is 1. The van der Waals surface area contributed by atoms with E-state index in [1.54, 1.807) is 18.2 Å². The zero-order chi connectivity index (χ0) is 21.4. The summed E-state index contributed by atoms with van der Waals surface area (Å²) in [5, 5.41) is 0. The van der Waals surface area contributed by atoms with Crippen molar-refractivity contribution in [2.75, 3.05) is 0 Å². The molecule has 29 heavy (non-hydrogen) atoms. The van der Waals surface area contributed by atoms with E-state index in [0.717, 1.165) is 17.7 Å². The van der Waals surface area contributed by atoms with Crippen LogP contribution in [0.4, 0.5) is 13.2 Å². The fraction of sp³-hybridized carbons (Fsp3) is 0.409. The molecule has 0 saturated heterocycles. The molecule has 154 valence electrons. The Morgan fingerprint density at radius 3 is 2.28 bits per heavy atom. The molecule has 0 atom stereocenters. The minimum atomic E-state index is -4.48. The Morgan fingerprint density at radius 2 is 1.76 bits per heavy atom. The maximum Gasteiger partial charge on any atom is 0.417 e. The number of benzene rings is 1. The van der Waals surface area contributed by atoms with Crippen molar-refractivity contribution in [3.63, 3.8) is 0 Å². The number of hydrogen-bond acceptors (Lipinski definition) is 4. The zero-order valence-electron chi connectivity index (χ0n) is 16.5. The largest absolute Gasteiger partial charge is 0.439 e. The van der Waals surface area contributed by atoms with Gasteiger partial charge in [-0.25, -0.2) is 4.98 Å². The van der Waals surface area contributed by atoms with Gasteiger partial charge in [-0.05, 0) is 41.2 Å². The van der Waals surface area contributed by atoms with E-state index >= 15 is 0 Å². The van der Waals surface area contributed by atoms with Crippen LogP contribution in [0.5, 0.6) is 11.6 Å². The van der Waals surface area contributed by atoms with E-state index in [4.69, 9.17) is 4.74 Å². The zero-order valence-corrected chi connectivity index (χ0v) is 16.5. The van der Waals surface area contributed by atoms with E-state index in [1.165, 1.54) is 0 Å². The van der Waals surface area contributed by atoms with Gasteiger partial charge in [0.1, 0.15) is 23.2 Å². The minimum Gasteiger partial charge on any atom is -0.439 e. The molecular formula is C22H22F3NO3. The lowest BCUT2D eigenvalue weighted by Crippen LogP contribution is -2.36. The number of nitrogens with zero attached hydrogens (tertiary/aromatic N) is 1. The molecule has 1 aliphatic rings. The Labute approximate surface area is 167 Å². The van der Waals surface area contributed by atoms with Gasteiger partial charge in [-0.1, -0.05) is 26.8 Å². The molecule has 0 aliphatic heterocycles. The molecule has 0 spiro atoms. The molecule has 4 nitrogen and oxygen atoms in total. The van der Waals surface area contributed by atoms with Gasteiger partial charge in [0.05, 0.1) is 5.56 Å². The number of carbonyl (C=O) groups is 2. The summed E-state index contributed by atoms with van der Waals surface area (Å²) in [6.45, 7) is 5.73. The summed E-state index contributed by atoms with van der Waals surface area (Å²) < 4.78 is 43.6. The standard InChI is InChI=1S/C22H22F3NO3/c1-4-13-5-7-15(29-19-8-6-14(12-26-19)22(23,24)25)9-16(13)20-17(27)10-21(2,3)11-18(20)28/h5-9,12,20H,4,10-11H2,1-3H3. The number of aromatic nitrogens is 1. The highest BCUT2D eigenvalue weighted by atomic mass is 19.4. The Balaban J connectivity index is 1.90. The van der Waals surface area contributed by atoms with Gasteiger partial charge in [-0.15, -0.1) is 0 Å². The second kappa shape index (κ2) is 7.61. The first-order chi connectivity index (χ1) is 13.5. The average Bonchev–Trinajstić information content (AvgIpc) is 2.60. The second-order valence-electron chi connectivity index (χ2n) is 8.08. The molecule has 1 heterocycles. The highest BCUT2D eigenvalue weighted by Gasteiger charge is 2.41. The van der Waals surface area contributed by atoms with Crippen LogP contribution in [-0.2, 0) is 22.2 Å². The van der Waals surface area contributed by atoms with Gasteiger partial charge in [-0.3, -0.25) is 9.59 Å². The van der Waals surface area contributed by atoms with Crippen LogP contribution >= 0.6 is 0 Å². The Bertz CT molecular complexity index is 913. The monoisotopic (exact) mass is 405 g/mol. The first kappa shape index (κ1) is 21.0. The molecule has 2 aromatic rings. The van der Waals surface area contributed by atoms with Gasteiger partial charge < -0.3 is 4.74 Å². The fourth-order valence-electron chi connectivity index (χ4n) is 3.69. The van der Waals surface area contributed by atoms with Gasteiger partial charge in [0.15, 0.2) is 0 Å². The van der Waals surface area contributed by atoms with Gasteiger partial charge in [-0.2, -0.15) is 13.2 Å². The van der Waals surface area contributed by atoms with Crippen LogP contribution in [0.1, 0.15) is 56.2 Å². The van der Waals surface area contributed by atoms with Gasteiger partial charge >= 0.3 is 6.18 Å². The lowest BCUT2D eigenvalue weighted by molar-refractivity contribution is -0.138. The number of hydrogen-bond donors (Lipinski definition) is 0. The topological polar surface area (TPSA) is 56.3 Å². The molecule has 1 aromatic carbocycles. The van der Waals surface area contributed by atoms with E-state index in [1.807, 2.05) is 20.8 Å². The van der Waals surface area contributed by atoms with Crippen LogP contribution in [0.2, 0.25) is 0 Å². The summed E-state index contributed by atoms with van der Waals surface area (Å²) >= 11 is 0. The van der Waals surface area contributed by atoms with Gasteiger partial charge in [0.25, 0.3) is 0 Å². The fourth-order valence-corrected chi connectivity index (χ4v) is 3.69. The van der Waals surface area contributed by atoms with Crippen molar-refractivity contribution in [2.24, 2.45) is 5.41 Å². The first-order valence-electron chi connectivity index (χ1n) is 9.39. The molecule has 0 amide bonds. The summed E-state index contributed by atoms with van der Waals surface area (Å²) in [5.41, 5.74) is 0.245. The lowest BCUT2D eigenvalue weighted by Gasteiger charge is -2.33. The van der Waals surface area contributed by atoms with Crippen molar-refractivity contribution >= 4 is 11.6 Å². The van der Waals surface area contributed by atoms with Crippen molar-refractivity contribution in [1.29, 1.82) is 0 Å². The minimum absolute atomic E-state index is 0.00405. The van der Waals surface area contributed by atoms with Gasteiger partial charge in [0, 0.05) is 25.1 Å². The maximum absolute atomic E-state index is 12.7. The maximum atomic E-state index is 12.7. The van der Waals surface area contributed by atoms with Crippen molar-refractivity contribution in [1.82, 2.24) is 4.98 Å². The number of Topliss-reactive ketones (excluding diaryl/α,β-unsaturated/α-hetero) is 2. The summed E-state index contributed by atoms with van der Waals surface area (Å²) in [4.78, 5) is 29.1. The quantitative estimate of drug-likeness (QED) is 0.631. The molecule has 1 aliphatic carbocycles. The predicted molar refractivity (Wildman–Crippen MR) is 101 cm³/mol. The first-order valence-corrected chi connectivity index (χ1v) is 9.39. The van der Waals surface area contributed by atoms with E-state index in [-0.39, 0.29) is 22.9 Å². The third-order valence-electron chi connectivity index (χ3n) is 5.04. The van der Waals surface area contributed by atoms with Crippen LogP contribution in [-0.4, -0.2) is 16.6 Å². The molecule has 0 N–H and O–H groups in total. The third-order valence-corrected chi connectivity index (χ3v) is 5.04. The lowest BCUT2D eigenvalue weighted by atomic mass is 9.69. The highest BCUT2D eigenvalue weighted by molar-refractivity contribution is 6.10. The number of carbonyl (C=O) groups excluding carboxylic acids is 2. The molecule has 7 heteroatoms. The Kier molecular flexibility index (Phi) is 5.52. The van der Waals surface area contributed by atoms with Gasteiger partial charge in [0.2, 0.25) is 5.88 Å². The van der Waals surface area contributed by atoms with Crippen molar-refractivity contribution in [3.8, 4) is 11.6 Å². The number of rotatable bonds is 4. The summed E-state index contributed by atoms with van der Waals surface area (Å²) in [5.74, 6) is -0.760. The van der Waals surface area contributed by atoms with Crippen LogP contribution in [0.25, 0.3) is 0 Å². The number of alkyl halides is 3. The Morgan fingerprint density at radius 1 is 1.10 bits per heavy atom. The average molecular weight is 405 g/mol. The predicted octanol–water partition coefficient (Wildman–Crippen LogP) is 5.50. The molecule has 0 bridgehead atoms. The molecule has 1 aromatic heterocycles. The number of ketones is 2. The summed E-state index contributed by atoms with van der Waals surface area (Å²) in [7, 11) is 0. The van der Waals surface area contributed by atoms with Crippen molar-refractivity contribution in [2.45, 2.75) is 52.1 Å². The van der Waals surface area contributed by atoms with Crippen LogP contribution < -0.4 is 4.74 Å². The van der Waals surface area contributed by atoms with Crippen molar-refractivity contribution < 1.29 is 27.5 Å². The number of halogens is 3. The SMILES string of the molecule is CCc1ccc(Oc2ccc(C(F)(F)F)cn2)cc1C1C(=O)CC(C)(C)CC1=O. The van der Waals surface area contributed by atoms with E-state index in [0.29, 0.717) is 36.8 Å². The number of aryl methyl sites for hydroxylation is 1. The molecule has 0 unspecified atom stereocenters. The molecule has 1 saturated carbocycles. The van der Waals surface area contributed by atoms with Crippen molar-refractivity contribution in [3.05, 3.63) is 53.2 Å². The Hall–Kier alpha value is -2.70. The van der Waals surface area contributed by atoms with Crippen LogP contribution in [0.3, 0.4) is 0 Å². The van der Waals surface area contributed by atoms with Crippen LogP contribution in [0.15, 0.2) is 36.5 Å². The smallest absolute Gasteiger partial charge is 0.417 e. The highest BCUT2D eigenvalue weighted by Crippen LogP contribution is 2.40. The third kappa shape index (κ3) is 4.66. The second-order valence-corrected chi connectivity index (χ2v) is 8.08. The molecule has 0 radical (unpaired) electrons. The van der Waals surface area contributed by atoms with Crippen LogP contribution in [0, 0.1) is 5.41 Å². The summed E-state index contributed by atoms with van der Waals surface area (Å²) in [6, 6.07) is 7.07.